The molecule has 0 bridgehead atoms. The SMILES string of the molecule is C=CN([O-])NCC1CNC(CCC2NCC(CNN([O-])C=C)N2)N1. The molecule has 0 aromatic carbocycles. The summed E-state index contributed by atoms with van der Waals surface area (Å²) in [6.07, 6.45) is 4.79. The van der Waals surface area contributed by atoms with Crippen LogP contribution in [-0.4, -0.2) is 60.9 Å². The molecule has 0 aromatic heterocycles. The van der Waals surface area contributed by atoms with Crippen LogP contribution >= 0.6 is 0 Å². The zero-order valence-electron chi connectivity index (χ0n) is 13.8. The second-order valence-electron chi connectivity index (χ2n) is 5.97. The third kappa shape index (κ3) is 6.34. The Bertz CT molecular complexity index is 363. The Labute approximate surface area is 142 Å². The van der Waals surface area contributed by atoms with Crippen molar-refractivity contribution in [3.63, 3.8) is 0 Å². The van der Waals surface area contributed by atoms with Gasteiger partial charge in [0, 0.05) is 38.3 Å². The van der Waals surface area contributed by atoms with Crippen LogP contribution < -0.4 is 32.1 Å². The van der Waals surface area contributed by atoms with Gasteiger partial charge in [0.25, 0.3) is 0 Å². The first kappa shape index (κ1) is 19.1. The quantitative estimate of drug-likeness (QED) is 0.246. The van der Waals surface area contributed by atoms with Gasteiger partial charge in [-0.1, -0.05) is 13.2 Å². The Hall–Kier alpha value is -1.24. The van der Waals surface area contributed by atoms with Crippen molar-refractivity contribution in [2.45, 2.75) is 37.3 Å². The highest BCUT2D eigenvalue weighted by Crippen LogP contribution is 2.07. The number of hydrogen-bond donors (Lipinski definition) is 6. The van der Waals surface area contributed by atoms with Crippen LogP contribution in [0.2, 0.25) is 0 Å². The summed E-state index contributed by atoms with van der Waals surface area (Å²) in [6.45, 7) is 9.56. The molecule has 138 valence electrons. The molecule has 10 heteroatoms. The second-order valence-corrected chi connectivity index (χ2v) is 5.97. The van der Waals surface area contributed by atoms with E-state index in [1.807, 2.05) is 0 Å². The summed E-state index contributed by atoms with van der Waals surface area (Å²) < 4.78 is 0. The molecule has 2 heterocycles. The maximum Gasteiger partial charge on any atom is 0.0576 e. The maximum atomic E-state index is 11.1. The summed E-state index contributed by atoms with van der Waals surface area (Å²) >= 11 is 0. The van der Waals surface area contributed by atoms with Crippen LogP contribution in [0, 0.1) is 10.4 Å². The molecule has 24 heavy (non-hydrogen) atoms. The van der Waals surface area contributed by atoms with Crippen LogP contribution in [-0.2, 0) is 0 Å². The third-order valence-corrected chi connectivity index (χ3v) is 4.16. The smallest absolute Gasteiger partial charge is 0.0576 e. The van der Waals surface area contributed by atoms with Crippen molar-refractivity contribution in [3.8, 4) is 0 Å². The fraction of sp³-hybridized carbons (Fsp3) is 0.714. The summed E-state index contributed by atoms with van der Waals surface area (Å²) in [4.78, 5) is 0. The fourth-order valence-electron chi connectivity index (χ4n) is 2.87. The molecule has 2 rings (SSSR count). The Morgan fingerprint density at radius 2 is 1.29 bits per heavy atom. The van der Waals surface area contributed by atoms with Crippen LogP contribution in [0.3, 0.4) is 0 Å². The lowest BCUT2D eigenvalue weighted by Gasteiger charge is -2.28. The van der Waals surface area contributed by atoms with Crippen molar-refractivity contribution in [1.82, 2.24) is 42.5 Å². The normalized spacial score (nSPS) is 29.6. The van der Waals surface area contributed by atoms with Gasteiger partial charge in [-0.15, -0.1) is 0 Å². The lowest BCUT2D eigenvalue weighted by molar-refractivity contribution is 0.333. The zero-order chi connectivity index (χ0) is 17.4. The van der Waals surface area contributed by atoms with Crippen molar-refractivity contribution >= 4 is 0 Å². The Morgan fingerprint density at radius 1 is 0.875 bits per heavy atom. The number of hydrazine groups is 2. The highest BCUT2D eigenvalue weighted by Gasteiger charge is 2.26. The summed E-state index contributed by atoms with van der Waals surface area (Å²) in [5, 5.41) is 37.1. The Morgan fingerprint density at radius 3 is 1.67 bits per heavy atom. The summed E-state index contributed by atoms with van der Waals surface area (Å²) in [5.41, 5.74) is 5.43. The minimum Gasteiger partial charge on any atom is -0.744 e. The molecule has 0 aliphatic carbocycles. The predicted octanol–water partition coefficient (Wildman–Crippen LogP) is -1.56. The van der Waals surface area contributed by atoms with Gasteiger partial charge in [0.15, 0.2) is 0 Å². The van der Waals surface area contributed by atoms with Gasteiger partial charge in [0.1, 0.15) is 0 Å². The molecule has 0 amide bonds. The maximum absolute atomic E-state index is 11.1. The molecular formula is C14H28N8O2-2. The standard InChI is InChI=1S/C14H28N8O2/c1-3-21(23)17-9-11-7-15-13(19-11)5-6-14-16-8-12(20-14)10-18-22(24)4-2/h3-4,11-20H,1-2,5-10H2/q-2. The number of nitrogens with one attached hydrogen (secondary N) is 6. The van der Waals surface area contributed by atoms with E-state index in [2.05, 4.69) is 45.3 Å². The van der Waals surface area contributed by atoms with Crippen molar-refractivity contribution in [2.24, 2.45) is 0 Å². The number of hydroxylamine groups is 2. The van der Waals surface area contributed by atoms with Crippen LogP contribution in [0.5, 0.6) is 0 Å². The molecule has 0 saturated carbocycles. The van der Waals surface area contributed by atoms with E-state index in [4.69, 9.17) is 0 Å². The number of nitrogens with zero attached hydrogens (tertiary/aromatic N) is 2. The summed E-state index contributed by atoms with van der Waals surface area (Å²) in [6, 6.07) is 0.435. The first-order valence-corrected chi connectivity index (χ1v) is 8.24. The molecule has 0 spiro atoms. The van der Waals surface area contributed by atoms with Gasteiger partial charge < -0.3 is 31.4 Å². The average Bonchev–Trinajstić information content (AvgIpc) is 3.24. The minimum absolute atomic E-state index is 0.217. The van der Waals surface area contributed by atoms with E-state index in [1.165, 1.54) is 12.4 Å². The van der Waals surface area contributed by atoms with E-state index in [0.29, 0.717) is 23.4 Å². The van der Waals surface area contributed by atoms with E-state index in [-0.39, 0.29) is 24.4 Å². The molecule has 4 atom stereocenters. The van der Waals surface area contributed by atoms with Gasteiger partial charge in [-0.2, -0.15) is 0 Å². The van der Waals surface area contributed by atoms with Gasteiger partial charge in [-0.25, -0.2) is 10.9 Å². The molecule has 0 radical (unpaired) electrons. The lowest BCUT2D eigenvalue weighted by Crippen LogP contribution is -2.44. The molecule has 2 saturated heterocycles. The van der Waals surface area contributed by atoms with Crippen molar-refractivity contribution < 1.29 is 0 Å². The second kappa shape index (κ2) is 9.91. The number of rotatable bonds is 11. The number of hydrogen-bond acceptors (Lipinski definition) is 10. The molecule has 6 N–H and O–H groups in total. The molecule has 2 fully saturated rings. The fourth-order valence-corrected chi connectivity index (χ4v) is 2.87. The molecule has 10 nitrogen and oxygen atoms in total. The van der Waals surface area contributed by atoms with E-state index in [9.17, 15) is 10.4 Å². The van der Waals surface area contributed by atoms with E-state index in [0.717, 1.165) is 25.9 Å². The summed E-state index contributed by atoms with van der Waals surface area (Å²) in [7, 11) is 0. The van der Waals surface area contributed by atoms with Crippen LogP contribution in [0.25, 0.3) is 0 Å². The van der Waals surface area contributed by atoms with Crippen molar-refractivity contribution in [1.29, 1.82) is 0 Å². The van der Waals surface area contributed by atoms with Crippen molar-refractivity contribution in [2.75, 3.05) is 26.2 Å². The predicted molar refractivity (Wildman–Crippen MR) is 93.5 cm³/mol. The topological polar surface area (TPSA) is 125 Å². The monoisotopic (exact) mass is 340 g/mol. The average molecular weight is 340 g/mol. The molecule has 2 aliphatic rings. The van der Waals surface area contributed by atoms with Gasteiger partial charge in [-0.3, -0.25) is 10.6 Å². The van der Waals surface area contributed by atoms with Crippen molar-refractivity contribution in [3.05, 3.63) is 36.0 Å². The Balaban J connectivity index is 1.56. The van der Waals surface area contributed by atoms with E-state index < -0.39 is 0 Å². The molecule has 0 aromatic rings. The third-order valence-electron chi connectivity index (χ3n) is 4.16. The Kier molecular flexibility index (Phi) is 7.88. The largest absolute Gasteiger partial charge is 0.744 e. The zero-order valence-corrected chi connectivity index (χ0v) is 13.8. The van der Waals surface area contributed by atoms with E-state index in [1.54, 1.807) is 0 Å². The van der Waals surface area contributed by atoms with Crippen LogP contribution in [0.15, 0.2) is 25.6 Å². The van der Waals surface area contributed by atoms with Gasteiger partial charge in [0.2, 0.25) is 0 Å². The van der Waals surface area contributed by atoms with E-state index >= 15 is 0 Å². The van der Waals surface area contributed by atoms with Crippen LogP contribution in [0.1, 0.15) is 12.8 Å². The van der Waals surface area contributed by atoms with Gasteiger partial charge >= 0.3 is 0 Å². The van der Waals surface area contributed by atoms with Gasteiger partial charge in [-0.05, 0) is 25.2 Å². The molecular weight excluding hydrogens is 312 g/mol. The molecule has 2 aliphatic heterocycles. The minimum atomic E-state index is 0.217. The first-order valence-electron chi connectivity index (χ1n) is 8.24. The highest BCUT2D eigenvalue weighted by atomic mass is 16.5. The lowest BCUT2D eigenvalue weighted by atomic mass is 10.2. The molecule has 4 unspecified atom stereocenters. The highest BCUT2D eigenvalue weighted by molar-refractivity contribution is 4.89. The first-order chi connectivity index (χ1) is 11.6. The van der Waals surface area contributed by atoms with Gasteiger partial charge in [0.05, 0.1) is 12.3 Å². The summed E-state index contributed by atoms with van der Waals surface area (Å²) in [5.74, 6) is 0. The van der Waals surface area contributed by atoms with Crippen LogP contribution in [0.4, 0.5) is 0 Å².